The quantitative estimate of drug-likeness (QED) is 0.625. The molecule has 0 aliphatic rings. The fraction of sp³-hybridized carbons (Fsp3) is 0.385. The smallest absolute Gasteiger partial charge is 0.229 e. The summed E-state index contributed by atoms with van der Waals surface area (Å²) in [5.74, 6) is -0.127. The van der Waals surface area contributed by atoms with Gasteiger partial charge in [0.2, 0.25) is 7.34 Å². The molecule has 0 radical (unpaired) electrons. The molecule has 2 aromatic rings. The molecule has 0 spiro atoms. The van der Waals surface area contributed by atoms with Crippen LogP contribution in [0, 0.1) is 0 Å². The lowest BCUT2D eigenvalue weighted by atomic mass is 9.87. The molecule has 1 heterocycles. The molecule has 7 heteroatoms. The van der Waals surface area contributed by atoms with Crippen LogP contribution in [0.3, 0.4) is 0 Å². The van der Waals surface area contributed by atoms with Crippen molar-refractivity contribution in [2.24, 2.45) is 0 Å². The van der Waals surface area contributed by atoms with E-state index in [1.54, 1.807) is 0 Å². The van der Waals surface area contributed by atoms with Crippen molar-refractivity contribution in [3.63, 3.8) is 0 Å². The maximum absolute atomic E-state index is 11.1. The average molecular weight is 330 g/mol. The highest BCUT2D eigenvalue weighted by molar-refractivity contribution is 8.74. The highest BCUT2D eigenvalue weighted by atomic mass is 33.1. The van der Waals surface area contributed by atoms with Crippen molar-refractivity contribution in [1.29, 1.82) is 1.43 Å². The Balaban J connectivity index is 2.50. The van der Waals surface area contributed by atoms with E-state index in [1.165, 1.54) is 29.1 Å². The van der Waals surface area contributed by atoms with Gasteiger partial charge in [0, 0.05) is 11.8 Å². The Morgan fingerprint density at radius 1 is 1.50 bits per heavy atom. The fourth-order valence-corrected chi connectivity index (χ4v) is 4.19. The zero-order valence-corrected chi connectivity index (χ0v) is 14.1. The maximum atomic E-state index is 11.1. The van der Waals surface area contributed by atoms with E-state index in [0.717, 1.165) is 31.8 Å². The first-order chi connectivity index (χ1) is 9.81. The summed E-state index contributed by atoms with van der Waals surface area (Å²) in [6, 6.07) is 4.08. The number of aromatic nitrogens is 1. The zero-order chi connectivity index (χ0) is 15.6. The molecule has 1 aromatic carbocycles. The summed E-state index contributed by atoms with van der Waals surface area (Å²) in [7, 11) is 1.41. The Labute approximate surface area is 131 Å². The van der Waals surface area contributed by atoms with E-state index in [4.69, 9.17) is 1.43 Å². The van der Waals surface area contributed by atoms with E-state index in [9.17, 15) is 4.79 Å². The Morgan fingerprint density at radius 3 is 2.85 bits per heavy atom. The lowest BCUT2D eigenvalue weighted by Gasteiger charge is -2.21. The van der Waals surface area contributed by atoms with Gasteiger partial charge in [-0.1, -0.05) is 32.1 Å². The van der Waals surface area contributed by atoms with Gasteiger partial charge in [0.1, 0.15) is 0 Å². The number of thiazole rings is 1. The lowest BCUT2D eigenvalue weighted by molar-refractivity contribution is -0.114. The Hall–Kier alpha value is -0.760. The van der Waals surface area contributed by atoms with Crippen LogP contribution in [0.25, 0.3) is 11.6 Å². The van der Waals surface area contributed by atoms with Gasteiger partial charge in [-0.2, -0.15) is 0 Å². The van der Waals surface area contributed by atoms with Gasteiger partial charge in [-0.15, -0.1) is 0 Å². The van der Waals surface area contributed by atoms with Gasteiger partial charge in [0.25, 0.3) is 0 Å². The lowest BCUT2D eigenvalue weighted by Crippen LogP contribution is -2.12. The summed E-state index contributed by atoms with van der Waals surface area (Å²) in [4.78, 5) is 16.6. The third-order valence-corrected chi connectivity index (χ3v) is 4.97. The summed E-state index contributed by atoms with van der Waals surface area (Å²) >= 11 is 2.45. The summed E-state index contributed by atoms with van der Waals surface area (Å²) in [5, 5.41) is 3.32. The number of benzene rings is 1. The Bertz CT molecular complexity index is 667. The van der Waals surface area contributed by atoms with Crippen molar-refractivity contribution >= 4 is 54.5 Å². The first-order valence-corrected chi connectivity index (χ1v) is 8.89. The SMILES string of the molecule is [3H]OSSc1cc2sc(NC(C)=O)nc2cc1C(C)(C)C. The van der Waals surface area contributed by atoms with Gasteiger partial charge >= 0.3 is 0 Å². The number of amides is 1. The highest BCUT2D eigenvalue weighted by Crippen LogP contribution is 2.41. The molecule has 2 N–H and O–H groups in total. The van der Waals surface area contributed by atoms with Crippen LogP contribution in [0.15, 0.2) is 17.0 Å². The van der Waals surface area contributed by atoms with E-state index < -0.39 is 0 Å². The van der Waals surface area contributed by atoms with Gasteiger partial charge in [-0.25, -0.2) is 4.98 Å². The molecule has 0 saturated carbocycles. The van der Waals surface area contributed by atoms with Crippen molar-refractivity contribution in [3.8, 4) is 0 Å². The van der Waals surface area contributed by atoms with Crippen molar-refractivity contribution < 1.29 is 9.35 Å². The van der Waals surface area contributed by atoms with E-state index in [1.807, 2.05) is 12.1 Å². The molecule has 20 heavy (non-hydrogen) atoms. The number of hydrogen-bond donors (Lipinski definition) is 2. The number of nitrogens with zero attached hydrogens (tertiary/aromatic N) is 1. The highest BCUT2D eigenvalue weighted by Gasteiger charge is 2.20. The van der Waals surface area contributed by atoms with E-state index in [0.29, 0.717) is 5.13 Å². The normalized spacial score (nSPS) is 12.5. The van der Waals surface area contributed by atoms with Gasteiger partial charge < -0.3 is 9.87 Å². The van der Waals surface area contributed by atoms with Crippen LogP contribution in [0.2, 0.25) is 0 Å². The summed E-state index contributed by atoms with van der Waals surface area (Å²) < 4.78 is 12.2. The number of carbonyl (C=O) groups excluding carboxylic acids is 1. The van der Waals surface area contributed by atoms with Gasteiger partial charge in [0.05, 0.1) is 21.3 Å². The molecule has 0 aliphatic heterocycles. The third-order valence-electron chi connectivity index (χ3n) is 2.70. The molecule has 108 valence electrons. The minimum atomic E-state index is -0.127. The largest absolute Gasteiger partial charge is 0.320 e. The Morgan fingerprint density at radius 2 is 2.25 bits per heavy atom. The second-order valence-corrected chi connectivity index (χ2v) is 8.10. The number of anilines is 1. The summed E-state index contributed by atoms with van der Waals surface area (Å²) in [5.41, 5.74) is 1.97. The van der Waals surface area contributed by atoms with E-state index >= 15 is 0 Å². The minimum Gasteiger partial charge on any atom is -0.320 e. The monoisotopic (exact) mass is 330 g/mol. The van der Waals surface area contributed by atoms with Crippen molar-refractivity contribution in [2.75, 3.05) is 5.32 Å². The topological polar surface area (TPSA) is 62.2 Å². The molecule has 1 aromatic heterocycles. The van der Waals surface area contributed by atoms with Crippen LogP contribution in [0.5, 0.6) is 0 Å². The summed E-state index contributed by atoms with van der Waals surface area (Å²) in [6.45, 7) is 7.86. The zero-order valence-electron chi connectivity index (χ0n) is 12.6. The van der Waals surface area contributed by atoms with Crippen LogP contribution < -0.4 is 5.32 Å². The predicted molar refractivity (Wildman–Crippen MR) is 88.7 cm³/mol. The standard InChI is InChI=1S/C13H16N2O2S3/c1-7(16)14-12-15-9-5-8(13(2,3)4)10(19-20-17)6-11(9)18-12/h5-6,17H,1-4H3,(H,14,15,16)/i/hT. The number of hydrogen-bond acceptors (Lipinski definition) is 6. The maximum Gasteiger partial charge on any atom is 0.229 e. The van der Waals surface area contributed by atoms with Gasteiger partial charge in [0.15, 0.2) is 5.13 Å². The molecule has 0 atom stereocenters. The fourth-order valence-electron chi connectivity index (χ4n) is 1.85. The number of rotatable bonds is 4. The van der Waals surface area contributed by atoms with Crippen LogP contribution in [0.1, 0.15) is 33.3 Å². The summed E-state index contributed by atoms with van der Waals surface area (Å²) in [6.07, 6.45) is 0. The average Bonchev–Trinajstić information content (AvgIpc) is 2.74. The first kappa shape index (κ1) is 14.2. The van der Waals surface area contributed by atoms with Crippen LogP contribution in [0.4, 0.5) is 5.13 Å². The molecule has 0 unspecified atom stereocenters. The number of fused-ring (bicyclic) bond motifs is 1. The van der Waals surface area contributed by atoms with E-state index in [2.05, 4.69) is 35.6 Å². The molecule has 0 fully saturated rings. The van der Waals surface area contributed by atoms with Crippen LogP contribution >= 0.6 is 33.2 Å². The number of carbonyl (C=O) groups is 1. The predicted octanol–water partition coefficient (Wildman–Crippen LogP) is 4.77. The molecule has 0 bridgehead atoms. The molecule has 1 amide bonds. The molecule has 0 saturated heterocycles. The second-order valence-electron chi connectivity index (χ2n) is 5.42. The molecular formula is C13H16N2O2S3. The second kappa shape index (κ2) is 5.93. The van der Waals surface area contributed by atoms with Gasteiger partial charge in [-0.3, -0.25) is 4.79 Å². The Kier molecular flexibility index (Phi) is 4.21. The van der Waals surface area contributed by atoms with Crippen LogP contribution in [-0.4, -0.2) is 15.4 Å². The van der Waals surface area contributed by atoms with E-state index in [-0.39, 0.29) is 11.3 Å². The third kappa shape index (κ3) is 3.46. The van der Waals surface area contributed by atoms with Crippen LogP contribution in [-0.2, 0) is 10.2 Å². The van der Waals surface area contributed by atoms with Crippen molar-refractivity contribution in [2.45, 2.75) is 38.0 Å². The van der Waals surface area contributed by atoms with Crippen molar-refractivity contribution in [1.82, 2.24) is 4.98 Å². The minimum absolute atomic E-state index is 0.0447. The number of nitrogens with one attached hydrogen (secondary N) is 1. The molecular weight excluding hydrogens is 312 g/mol. The van der Waals surface area contributed by atoms with Crippen molar-refractivity contribution in [3.05, 3.63) is 17.7 Å². The molecule has 4 nitrogen and oxygen atoms in total. The molecule has 2 rings (SSSR count). The first-order valence-electron chi connectivity index (χ1n) is 6.41. The van der Waals surface area contributed by atoms with Gasteiger partial charge in [-0.05, 0) is 33.9 Å². The molecule has 0 aliphatic carbocycles.